The van der Waals surface area contributed by atoms with Gasteiger partial charge in [-0.05, 0) is 54.1 Å². The molecular formula is C22H20Cl2FN3O2S. The SMILES string of the molecule is CNCc1cn(S(=O)(=O)c2cccnc2)c2cc(Cc3ccc(Cl)cc3F)ccc12.Cl. The number of pyridine rings is 1. The van der Waals surface area contributed by atoms with Gasteiger partial charge in [0.1, 0.15) is 10.7 Å². The van der Waals surface area contributed by atoms with Crippen LogP contribution in [0.25, 0.3) is 10.9 Å². The highest BCUT2D eigenvalue weighted by molar-refractivity contribution is 7.90. The molecule has 2 aromatic heterocycles. The fourth-order valence-electron chi connectivity index (χ4n) is 3.45. The highest BCUT2D eigenvalue weighted by Gasteiger charge is 2.21. The van der Waals surface area contributed by atoms with Crippen LogP contribution in [0.3, 0.4) is 0 Å². The van der Waals surface area contributed by atoms with E-state index in [-0.39, 0.29) is 17.3 Å². The first-order valence-electron chi connectivity index (χ1n) is 9.27. The van der Waals surface area contributed by atoms with Gasteiger partial charge < -0.3 is 5.32 Å². The van der Waals surface area contributed by atoms with Crippen molar-refractivity contribution in [1.29, 1.82) is 0 Å². The number of hydrogen-bond acceptors (Lipinski definition) is 4. The van der Waals surface area contributed by atoms with Crippen molar-refractivity contribution in [2.75, 3.05) is 7.05 Å². The Morgan fingerprint density at radius 2 is 1.94 bits per heavy atom. The summed E-state index contributed by atoms with van der Waals surface area (Å²) < 4.78 is 42.0. The van der Waals surface area contributed by atoms with Crippen LogP contribution < -0.4 is 5.32 Å². The van der Waals surface area contributed by atoms with Gasteiger partial charge in [0.05, 0.1) is 5.52 Å². The number of halogens is 3. The van der Waals surface area contributed by atoms with Crippen LogP contribution in [0.2, 0.25) is 5.02 Å². The summed E-state index contributed by atoms with van der Waals surface area (Å²) in [6.07, 6.45) is 4.79. The normalized spacial score (nSPS) is 11.5. The topological polar surface area (TPSA) is 64.0 Å². The lowest BCUT2D eigenvalue weighted by Crippen LogP contribution is -2.12. The van der Waals surface area contributed by atoms with Crippen molar-refractivity contribution in [3.63, 3.8) is 0 Å². The summed E-state index contributed by atoms with van der Waals surface area (Å²) in [6, 6.07) is 13.2. The van der Waals surface area contributed by atoms with Crippen LogP contribution in [0.15, 0.2) is 72.0 Å². The lowest BCUT2D eigenvalue weighted by molar-refractivity contribution is 0.588. The van der Waals surface area contributed by atoms with Gasteiger partial charge in [-0.25, -0.2) is 16.8 Å². The molecule has 162 valence electrons. The molecule has 4 aromatic rings. The van der Waals surface area contributed by atoms with E-state index >= 15 is 0 Å². The molecule has 0 amide bonds. The lowest BCUT2D eigenvalue weighted by atomic mass is 10.0. The Hall–Kier alpha value is -2.45. The van der Waals surface area contributed by atoms with E-state index in [9.17, 15) is 12.8 Å². The molecule has 4 rings (SSSR count). The Bertz CT molecular complexity index is 1330. The second-order valence-electron chi connectivity index (χ2n) is 6.94. The molecule has 0 aliphatic rings. The van der Waals surface area contributed by atoms with Gasteiger partial charge in [0.2, 0.25) is 0 Å². The zero-order valence-electron chi connectivity index (χ0n) is 16.5. The van der Waals surface area contributed by atoms with E-state index in [2.05, 4.69) is 10.3 Å². The van der Waals surface area contributed by atoms with Gasteiger partial charge in [0.25, 0.3) is 10.0 Å². The minimum Gasteiger partial charge on any atom is -0.316 e. The third kappa shape index (κ3) is 4.60. The van der Waals surface area contributed by atoms with E-state index in [1.54, 1.807) is 37.5 Å². The van der Waals surface area contributed by atoms with Crippen LogP contribution in [0, 0.1) is 5.82 Å². The van der Waals surface area contributed by atoms with Crippen LogP contribution >= 0.6 is 24.0 Å². The van der Waals surface area contributed by atoms with Crippen LogP contribution in [-0.2, 0) is 23.0 Å². The van der Waals surface area contributed by atoms with Crippen LogP contribution in [-0.4, -0.2) is 24.4 Å². The standard InChI is InChI=1S/C22H19ClFN3O2S.ClH/c1-25-12-17-14-27(30(28,29)19-3-2-8-26-13-19)22-10-15(4-7-20(17)22)9-16-5-6-18(23)11-21(16)24;/h2-8,10-11,13-14,25H,9,12H2,1H3;1H. The van der Waals surface area contributed by atoms with Crippen molar-refractivity contribution >= 4 is 44.9 Å². The highest BCUT2D eigenvalue weighted by atomic mass is 35.5. The van der Waals surface area contributed by atoms with Gasteiger partial charge in [-0.3, -0.25) is 4.98 Å². The molecule has 9 heteroatoms. The third-order valence-corrected chi connectivity index (χ3v) is 6.78. The van der Waals surface area contributed by atoms with Gasteiger partial charge in [-0.2, -0.15) is 0 Å². The summed E-state index contributed by atoms with van der Waals surface area (Å²) in [4.78, 5) is 4.04. The van der Waals surface area contributed by atoms with Crippen molar-refractivity contribution in [2.24, 2.45) is 0 Å². The third-order valence-electron chi connectivity index (χ3n) is 4.89. The van der Waals surface area contributed by atoms with E-state index < -0.39 is 15.8 Å². The van der Waals surface area contributed by atoms with Crippen molar-refractivity contribution in [2.45, 2.75) is 17.9 Å². The first-order valence-corrected chi connectivity index (χ1v) is 11.1. The molecule has 0 fully saturated rings. The molecule has 0 saturated carbocycles. The van der Waals surface area contributed by atoms with Crippen molar-refractivity contribution in [3.05, 3.63) is 94.7 Å². The van der Waals surface area contributed by atoms with E-state index in [1.807, 2.05) is 12.1 Å². The number of benzene rings is 2. The van der Waals surface area contributed by atoms with E-state index in [0.717, 1.165) is 16.5 Å². The number of nitrogens with zero attached hydrogens (tertiary/aromatic N) is 2. The maximum atomic E-state index is 14.2. The maximum absolute atomic E-state index is 14.2. The van der Waals surface area contributed by atoms with Gasteiger partial charge in [-0.15, -0.1) is 12.4 Å². The maximum Gasteiger partial charge on any atom is 0.269 e. The minimum atomic E-state index is -3.83. The van der Waals surface area contributed by atoms with Crippen molar-refractivity contribution in [1.82, 2.24) is 14.3 Å². The molecule has 0 spiro atoms. The largest absolute Gasteiger partial charge is 0.316 e. The molecular weight excluding hydrogens is 460 g/mol. The Morgan fingerprint density at radius 1 is 1.13 bits per heavy atom. The van der Waals surface area contributed by atoms with Gasteiger partial charge in [0, 0.05) is 42.0 Å². The van der Waals surface area contributed by atoms with Crippen molar-refractivity contribution in [3.8, 4) is 0 Å². The predicted molar refractivity (Wildman–Crippen MR) is 123 cm³/mol. The average molecular weight is 480 g/mol. The van der Waals surface area contributed by atoms with Crippen molar-refractivity contribution < 1.29 is 12.8 Å². The number of nitrogens with one attached hydrogen (secondary N) is 1. The second kappa shape index (κ2) is 9.36. The molecule has 1 N–H and O–H groups in total. The molecule has 31 heavy (non-hydrogen) atoms. The molecule has 5 nitrogen and oxygen atoms in total. The zero-order valence-corrected chi connectivity index (χ0v) is 18.9. The highest BCUT2D eigenvalue weighted by Crippen LogP contribution is 2.28. The molecule has 0 aliphatic heterocycles. The monoisotopic (exact) mass is 479 g/mol. The quantitative estimate of drug-likeness (QED) is 0.431. The lowest BCUT2D eigenvalue weighted by Gasteiger charge is -2.09. The zero-order chi connectivity index (χ0) is 21.3. The second-order valence-corrected chi connectivity index (χ2v) is 9.19. The van der Waals surface area contributed by atoms with Crippen LogP contribution in [0.4, 0.5) is 4.39 Å². The fraction of sp³-hybridized carbons (Fsp3) is 0.136. The molecule has 2 aromatic carbocycles. The Morgan fingerprint density at radius 3 is 2.61 bits per heavy atom. The minimum absolute atomic E-state index is 0. The van der Waals surface area contributed by atoms with E-state index in [0.29, 0.717) is 29.1 Å². The molecule has 0 radical (unpaired) electrons. The predicted octanol–water partition coefficient (Wildman–Crippen LogP) is 4.80. The van der Waals surface area contributed by atoms with Crippen LogP contribution in [0.1, 0.15) is 16.7 Å². The molecule has 0 bridgehead atoms. The van der Waals surface area contributed by atoms with Gasteiger partial charge >= 0.3 is 0 Å². The van der Waals surface area contributed by atoms with Crippen LogP contribution in [0.5, 0.6) is 0 Å². The van der Waals surface area contributed by atoms with Gasteiger partial charge in [0.15, 0.2) is 0 Å². The van der Waals surface area contributed by atoms with E-state index in [1.165, 1.54) is 28.5 Å². The molecule has 0 unspecified atom stereocenters. The number of fused-ring (bicyclic) bond motifs is 1. The smallest absolute Gasteiger partial charge is 0.269 e. The first kappa shape index (κ1) is 23.2. The van der Waals surface area contributed by atoms with E-state index in [4.69, 9.17) is 11.6 Å². The molecule has 0 saturated heterocycles. The number of rotatable bonds is 6. The Kier molecular flexibility index (Phi) is 7.01. The molecule has 0 aliphatic carbocycles. The Balaban J connectivity index is 0.00000272. The summed E-state index contributed by atoms with van der Waals surface area (Å²) in [5.74, 6) is -0.392. The van der Waals surface area contributed by atoms with Gasteiger partial charge in [-0.1, -0.05) is 29.8 Å². The fourth-order valence-corrected chi connectivity index (χ4v) is 4.96. The summed E-state index contributed by atoms with van der Waals surface area (Å²) in [7, 11) is -2.03. The first-order chi connectivity index (χ1) is 14.4. The molecule has 2 heterocycles. The summed E-state index contributed by atoms with van der Waals surface area (Å²) in [5.41, 5.74) is 2.67. The Labute approximate surface area is 191 Å². The summed E-state index contributed by atoms with van der Waals surface area (Å²) in [6.45, 7) is 0.511. The summed E-state index contributed by atoms with van der Waals surface area (Å²) >= 11 is 5.84. The number of aromatic nitrogens is 2. The number of hydrogen-bond donors (Lipinski definition) is 1. The molecule has 0 atom stereocenters. The average Bonchev–Trinajstić information content (AvgIpc) is 3.10. The summed E-state index contributed by atoms with van der Waals surface area (Å²) in [5, 5.41) is 4.22.